The molecule has 0 atom stereocenters. The number of imidazole rings is 1. The normalized spacial score (nSPS) is 10.2. The Labute approximate surface area is 112 Å². The Bertz CT molecular complexity index is 786. The van der Waals surface area contributed by atoms with E-state index in [1.807, 2.05) is 34.9 Å². The van der Waals surface area contributed by atoms with E-state index in [-0.39, 0.29) is 0 Å². The van der Waals surface area contributed by atoms with Crippen LogP contribution >= 0.6 is 0 Å². The predicted molar refractivity (Wildman–Crippen MR) is 77.9 cm³/mol. The molecule has 3 rings (SSSR count). The van der Waals surface area contributed by atoms with Crippen LogP contribution in [-0.4, -0.2) is 9.55 Å². The van der Waals surface area contributed by atoms with Gasteiger partial charge in [-0.2, -0.15) is 0 Å². The second kappa shape index (κ2) is 4.62. The summed E-state index contributed by atoms with van der Waals surface area (Å²) in [6.07, 6.45) is 1.78. The zero-order chi connectivity index (χ0) is 13.2. The van der Waals surface area contributed by atoms with E-state index in [0.717, 1.165) is 16.6 Å². The summed E-state index contributed by atoms with van der Waals surface area (Å²) in [7, 11) is 0. The molecule has 0 aliphatic rings. The van der Waals surface area contributed by atoms with Crippen molar-refractivity contribution in [3.8, 4) is 12.0 Å². The number of benzene rings is 2. The molecule has 2 heteroatoms. The van der Waals surface area contributed by atoms with Crippen molar-refractivity contribution in [3.05, 3.63) is 65.5 Å². The van der Waals surface area contributed by atoms with Gasteiger partial charge in [0.15, 0.2) is 0 Å². The number of nitrogens with zero attached hydrogens (tertiary/aromatic N) is 2. The Balaban J connectivity index is 2.08. The van der Waals surface area contributed by atoms with Gasteiger partial charge in [-0.25, -0.2) is 4.98 Å². The third-order valence-electron chi connectivity index (χ3n) is 3.26. The van der Waals surface area contributed by atoms with Crippen LogP contribution in [0.3, 0.4) is 0 Å². The van der Waals surface area contributed by atoms with Crippen molar-refractivity contribution in [2.75, 3.05) is 0 Å². The van der Waals surface area contributed by atoms with Crippen molar-refractivity contribution in [1.82, 2.24) is 9.55 Å². The molecule has 0 saturated carbocycles. The number of fused-ring (bicyclic) bond motifs is 1. The van der Waals surface area contributed by atoms with Crippen LogP contribution in [0.1, 0.15) is 16.7 Å². The first-order valence-corrected chi connectivity index (χ1v) is 6.25. The molecule has 3 aromatic rings. The van der Waals surface area contributed by atoms with Crippen molar-refractivity contribution in [1.29, 1.82) is 0 Å². The molecule has 0 aliphatic heterocycles. The summed E-state index contributed by atoms with van der Waals surface area (Å²) in [5.41, 5.74) is 5.58. The minimum Gasteiger partial charge on any atom is -0.257 e. The lowest BCUT2D eigenvalue weighted by atomic mass is 10.1. The maximum atomic E-state index is 4.39. The molecule has 2 nitrogen and oxygen atoms in total. The molecule has 1 aromatic heterocycles. The monoisotopic (exact) mass is 246 g/mol. The largest absolute Gasteiger partial charge is 0.257 e. The van der Waals surface area contributed by atoms with Crippen LogP contribution in [0.2, 0.25) is 0 Å². The van der Waals surface area contributed by atoms with E-state index in [2.05, 4.69) is 42.9 Å². The molecular formula is C17H14N2. The first-order chi connectivity index (χ1) is 9.24. The highest BCUT2D eigenvalue weighted by molar-refractivity contribution is 5.78. The van der Waals surface area contributed by atoms with Crippen molar-refractivity contribution in [3.63, 3.8) is 0 Å². The Morgan fingerprint density at radius 2 is 1.74 bits per heavy atom. The molecular weight excluding hydrogens is 232 g/mol. The fourth-order valence-electron chi connectivity index (χ4n) is 2.00. The van der Waals surface area contributed by atoms with Crippen molar-refractivity contribution in [2.24, 2.45) is 0 Å². The number of aromatic nitrogens is 2. The first-order valence-electron chi connectivity index (χ1n) is 6.25. The number of hydrogen-bond donors (Lipinski definition) is 0. The number of aryl methyl sites for hydroxylation is 2. The Hall–Kier alpha value is -2.53. The zero-order valence-electron chi connectivity index (χ0n) is 11.0. The van der Waals surface area contributed by atoms with Crippen LogP contribution in [0.5, 0.6) is 0 Å². The van der Waals surface area contributed by atoms with Gasteiger partial charge in [-0.3, -0.25) is 4.57 Å². The van der Waals surface area contributed by atoms with E-state index in [1.165, 1.54) is 11.1 Å². The molecule has 0 bridgehead atoms. The molecule has 1 heterocycles. The highest BCUT2D eigenvalue weighted by atomic mass is 15.0. The third-order valence-corrected chi connectivity index (χ3v) is 3.26. The fraction of sp³-hybridized carbons (Fsp3) is 0.118. The van der Waals surface area contributed by atoms with Gasteiger partial charge in [0.25, 0.3) is 0 Å². The van der Waals surface area contributed by atoms with Crippen LogP contribution in [0.25, 0.3) is 11.0 Å². The summed E-state index contributed by atoms with van der Waals surface area (Å²) in [4.78, 5) is 4.39. The maximum Gasteiger partial charge on any atom is 0.108 e. The standard InChI is InChI=1S/C17H14N2/c1-13-10-16-17(11-14(13)2)19(12-18-16)9-8-15-6-4-3-5-7-15/h3-7,10-12H,1-2H3. The van der Waals surface area contributed by atoms with Gasteiger partial charge in [0.2, 0.25) is 0 Å². The van der Waals surface area contributed by atoms with Crippen LogP contribution in [0.4, 0.5) is 0 Å². The minimum absolute atomic E-state index is 0.991. The summed E-state index contributed by atoms with van der Waals surface area (Å²) in [5.74, 6) is 3.15. The van der Waals surface area contributed by atoms with Crippen molar-refractivity contribution in [2.45, 2.75) is 13.8 Å². The zero-order valence-corrected chi connectivity index (χ0v) is 11.0. The third kappa shape index (κ3) is 2.23. The molecule has 0 fully saturated rings. The van der Waals surface area contributed by atoms with Crippen molar-refractivity contribution >= 4 is 11.0 Å². The summed E-state index contributed by atoms with van der Waals surface area (Å²) < 4.78 is 1.88. The van der Waals surface area contributed by atoms with E-state index in [1.54, 1.807) is 6.33 Å². The molecule has 0 spiro atoms. The quantitative estimate of drug-likeness (QED) is 0.555. The van der Waals surface area contributed by atoms with E-state index in [0.29, 0.717) is 0 Å². The number of hydrogen-bond acceptors (Lipinski definition) is 1. The van der Waals surface area contributed by atoms with Gasteiger partial charge < -0.3 is 0 Å². The first kappa shape index (κ1) is 11.6. The van der Waals surface area contributed by atoms with Crippen LogP contribution in [0.15, 0.2) is 48.8 Å². The Morgan fingerprint density at radius 3 is 2.53 bits per heavy atom. The van der Waals surface area contributed by atoms with E-state index >= 15 is 0 Å². The minimum atomic E-state index is 0.991. The summed E-state index contributed by atoms with van der Waals surface area (Å²) >= 11 is 0. The van der Waals surface area contributed by atoms with E-state index in [9.17, 15) is 0 Å². The summed E-state index contributed by atoms with van der Waals surface area (Å²) in [5, 5.41) is 0. The number of rotatable bonds is 0. The van der Waals surface area contributed by atoms with Crippen molar-refractivity contribution < 1.29 is 0 Å². The second-order valence-corrected chi connectivity index (χ2v) is 4.64. The molecule has 0 amide bonds. The van der Waals surface area contributed by atoms with Gasteiger partial charge in [0.1, 0.15) is 6.33 Å². The van der Waals surface area contributed by atoms with Gasteiger partial charge in [-0.15, -0.1) is 0 Å². The van der Waals surface area contributed by atoms with Crippen LogP contribution in [-0.2, 0) is 0 Å². The fourth-order valence-corrected chi connectivity index (χ4v) is 2.00. The van der Waals surface area contributed by atoms with Gasteiger partial charge in [0, 0.05) is 11.6 Å². The Kier molecular flexibility index (Phi) is 2.81. The predicted octanol–water partition coefficient (Wildman–Crippen LogP) is 3.51. The lowest BCUT2D eigenvalue weighted by Gasteiger charge is -1.99. The van der Waals surface area contributed by atoms with Gasteiger partial charge in [-0.05, 0) is 55.2 Å². The molecule has 2 aromatic carbocycles. The molecule has 92 valence electrons. The molecule has 0 radical (unpaired) electrons. The topological polar surface area (TPSA) is 17.8 Å². The van der Waals surface area contributed by atoms with Gasteiger partial charge in [-0.1, -0.05) is 18.2 Å². The molecule has 0 saturated heterocycles. The molecule has 19 heavy (non-hydrogen) atoms. The van der Waals surface area contributed by atoms with Gasteiger partial charge >= 0.3 is 0 Å². The summed E-state index contributed by atoms with van der Waals surface area (Å²) in [6.45, 7) is 4.21. The van der Waals surface area contributed by atoms with E-state index in [4.69, 9.17) is 0 Å². The average Bonchev–Trinajstić information content (AvgIpc) is 2.80. The summed E-state index contributed by atoms with van der Waals surface area (Å²) in [6, 6.07) is 17.3. The van der Waals surface area contributed by atoms with Crippen LogP contribution in [0, 0.1) is 25.8 Å². The second-order valence-electron chi connectivity index (χ2n) is 4.64. The molecule has 0 unspecified atom stereocenters. The Morgan fingerprint density at radius 1 is 1.00 bits per heavy atom. The van der Waals surface area contributed by atoms with Gasteiger partial charge in [0.05, 0.1) is 11.0 Å². The highest BCUT2D eigenvalue weighted by Crippen LogP contribution is 2.17. The average molecular weight is 246 g/mol. The smallest absolute Gasteiger partial charge is 0.108 e. The molecule has 0 aliphatic carbocycles. The lowest BCUT2D eigenvalue weighted by Crippen LogP contribution is -1.88. The van der Waals surface area contributed by atoms with E-state index < -0.39 is 0 Å². The molecule has 0 N–H and O–H groups in total. The lowest BCUT2D eigenvalue weighted by molar-refractivity contribution is 1.15. The maximum absolute atomic E-state index is 4.39. The SMILES string of the molecule is Cc1cc2ncn(C#Cc3ccccc3)c2cc1C. The van der Waals surface area contributed by atoms with Crippen LogP contribution < -0.4 is 0 Å². The highest BCUT2D eigenvalue weighted by Gasteiger charge is 2.03.